The highest BCUT2D eigenvalue weighted by atomic mass is 32.2. The van der Waals surface area contributed by atoms with Crippen molar-refractivity contribution >= 4 is 21.5 Å². The molecule has 1 aromatic carbocycles. The molecule has 0 spiro atoms. The highest BCUT2D eigenvalue weighted by Gasteiger charge is 2.43. The summed E-state index contributed by atoms with van der Waals surface area (Å²) in [6, 6.07) is 4.85. The lowest BCUT2D eigenvalue weighted by atomic mass is 10.1. The Hall–Kier alpha value is -2.00. The van der Waals surface area contributed by atoms with E-state index in [1.165, 1.54) is 18.2 Å². The maximum Gasteiger partial charge on any atom is 0.338 e. The fourth-order valence-electron chi connectivity index (χ4n) is 3.22. The second-order valence-electron chi connectivity index (χ2n) is 6.43. The number of nitro groups is 1. The molecule has 0 N–H and O–H groups in total. The van der Waals surface area contributed by atoms with Crippen molar-refractivity contribution < 1.29 is 22.9 Å². The summed E-state index contributed by atoms with van der Waals surface area (Å²) >= 11 is 0. The number of non-ortho nitro benzene ring substituents is 1. The van der Waals surface area contributed by atoms with Crippen LogP contribution < -0.4 is 0 Å². The molecule has 8 nitrogen and oxygen atoms in total. The van der Waals surface area contributed by atoms with Gasteiger partial charge in [-0.2, -0.15) is 0 Å². The van der Waals surface area contributed by atoms with Gasteiger partial charge in [0.1, 0.15) is 6.10 Å². The van der Waals surface area contributed by atoms with Crippen molar-refractivity contribution in [3.63, 3.8) is 0 Å². The van der Waals surface area contributed by atoms with Gasteiger partial charge in [0, 0.05) is 12.1 Å². The zero-order valence-corrected chi connectivity index (χ0v) is 15.8. The first kappa shape index (κ1) is 20.3. The molecule has 0 aliphatic carbocycles. The number of carbonyl (C=O) groups excluding carboxylic acids is 1. The predicted molar refractivity (Wildman–Crippen MR) is 96.9 cm³/mol. The molecule has 0 radical (unpaired) electrons. The van der Waals surface area contributed by atoms with Crippen molar-refractivity contribution in [1.29, 1.82) is 0 Å². The Balaban J connectivity index is 2.20. The Morgan fingerprint density at radius 2 is 1.92 bits per heavy atom. The predicted octanol–water partition coefficient (Wildman–Crippen LogP) is 2.04. The van der Waals surface area contributed by atoms with Crippen LogP contribution in [0.5, 0.6) is 0 Å². The number of sulfone groups is 1. The highest BCUT2D eigenvalue weighted by Crippen LogP contribution is 2.24. The van der Waals surface area contributed by atoms with Gasteiger partial charge in [0.2, 0.25) is 0 Å². The van der Waals surface area contributed by atoms with Crippen LogP contribution in [0.4, 0.5) is 5.69 Å². The number of nitro benzene ring substituents is 1. The molecule has 144 valence electrons. The van der Waals surface area contributed by atoms with Gasteiger partial charge in [-0.15, -0.1) is 0 Å². The van der Waals surface area contributed by atoms with Gasteiger partial charge in [0.05, 0.1) is 28.0 Å². The van der Waals surface area contributed by atoms with E-state index in [9.17, 15) is 23.3 Å². The summed E-state index contributed by atoms with van der Waals surface area (Å²) in [5.41, 5.74) is -0.173. The molecule has 2 unspecified atom stereocenters. The normalized spacial score (nSPS) is 21.7. The summed E-state index contributed by atoms with van der Waals surface area (Å²) in [6.07, 6.45) is 0.953. The van der Waals surface area contributed by atoms with Crippen LogP contribution >= 0.6 is 0 Å². The van der Waals surface area contributed by atoms with Gasteiger partial charge >= 0.3 is 5.97 Å². The van der Waals surface area contributed by atoms with Crippen LogP contribution in [-0.2, 0) is 14.6 Å². The third kappa shape index (κ3) is 5.01. The van der Waals surface area contributed by atoms with Gasteiger partial charge in [-0.25, -0.2) is 13.2 Å². The van der Waals surface area contributed by atoms with E-state index in [1.54, 1.807) is 0 Å². The fourth-order valence-corrected chi connectivity index (χ4v) is 5.09. The van der Waals surface area contributed by atoms with Crippen LogP contribution in [-0.4, -0.2) is 61.0 Å². The molecule has 26 heavy (non-hydrogen) atoms. The number of rotatable bonds is 8. The van der Waals surface area contributed by atoms with E-state index in [0.29, 0.717) is 0 Å². The van der Waals surface area contributed by atoms with E-state index >= 15 is 0 Å². The van der Waals surface area contributed by atoms with Gasteiger partial charge in [-0.3, -0.25) is 15.0 Å². The molecule has 9 heteroatoms. The second-order valence-corrected chi connectivity index (χ2v) is 8.59. The van der Waals surface area contributed by atoms with Gasteiger partial charge in [-0.05, 0) is 32.0 Å². The van der Waals surface area contributed by atoms with Crippen LogP contribution in [0, 0.1) is 10.1 Å². The van der Waals surface area contributed by atoms with Crippen molar-refractivity contribution in [2.24, 2.45) is 0 Å². The molecule has 1 fully saturated rings. The summed E-state index contributed by atoms with van der Waals surface area (Å²) in [5.74, 6) is -1.00. The number of nitrogens with zero attached hydrogens (tertiary/aromatic N) is 2. The summed E-state index contributed by atoms with van der Waals surface area (Å²) in [7, 11) is -3.30. The first-order chi connectivity index (χ1) is 12.3. The Kier molecular flexibility index (Phi) is 6.71. The maximum atomic E-state index is 12.4. The van der Waals surface area contributed by atoms with E-state index in [4.69, 9.17) is 4.74 Å². The molecule has 2 rings (SSSR count). The van der Waals surface area contributed by atoms with Gasteiger partial charge < -0.3 is 4.74 Å². The summed E-state index contributed by atoms with van der Waals surface area (Å²) < 4.78 is 29.7. The van der Waals surface area contributed by atoms with Crippen molar-refractivity contribution in [2.75, 3.05) is 24.6 Å². The zero-order valence-electron chi connectivity index (χ0n) is 15.0. The Morgan fingerprint density at radius 1 is 1.27 bits per heavy atom. The molecule has 0 bridgehead atoms. The third-order valence-electron chi connectivity index (χ3n) is 4.31. The molecule has 1 aromatic rings. The summed E-state index contributed by atoms with van der Waals surface area (Å²) in [5, 5.41) is 10.9. The molecule has 1 aliphatic rings. The minimum Gasteiger partial charge on any atom is -0.456 e. The van der Waals surface area contributed by atoms with Crippen LogP contribution in [0.1, 0.15) is 37.0 Å². The number of esters is 1. The van der Waals surface area contributed by atoms with Gasteiger partial charge in [0.25, 0.3) is 5.69 Å². The number of benzene rings is 1. The third-order valence-corrected chi connectivity index (χ3v) is 6.00. The molecule has 0 aromatic heterocycles. The lowest BCUT2D eigenvalue weighted by Crippen LogP contribution is -2.45. The number of carbonyl (C=O) groups is 1. The van der Waals surface area contributed by atoms with E-state index in [-0.39, 0.29) is 28.8 Å². The van der Waals surface area contributed by atoms with E-state index in [1.807, 2.05) is 13.8 Å². The van der Waals surface area contributed by atoms with Crippen LogP contribution in [0.25, 0.3) is 0 Å². The van der Waals surface area contributed by atoms with Gasteiger partial charge in [0.15, 0.2) is 9.84 Å². The first-order valence-corrected chi connectivity index (χ1v) is 10.5. The molecule has 0 amide bonds. The fraction of sp³-hybridized carbons (Fsp3) is 0.588. The average Bonchev–Trinajstić information content (AvgIpc) is 2.89. The molecular weight excluding hydrogens is 360 g/mol. The van der Waals surface area contributed by atoms with Crippen LogP contribution in [0.2, 0.25) is 0 Å². The SMILES string of the molecule is CCCN(CCC)C1CS(=O)(=O)CC1OC(=O)c1cccc([N+](=O)[O-])c1. The monoisotopic (exact) mass is 384 g/mol. The first-order valence-electron chi connectivity index (χ1n) is 8.67. The standard InChI is InChI=1S/C17H24N2O6S/c1-3-8-18(9-4-2)15-11-26(23,24)12-16(15)25-17(20)13-6-5-7-14(10-13)19(21)22/h5-7,10,15-16H,3-4,8-9,11-12H2,1-2H3. The quantitative estimate of drug-likeness (QED) is 0.383. The lowest BCUT2D eigenvalue weighted by Gasteiger charge is -2.31. The van der Waals surface area contributed by atoms with E-state index < -0.39 is 26.8 Å². The van der Waals surface area contributed by atoms with Crippen LogP contribution in [0.15, 0.2) is 24.3 Å². The number of hydrogen-bond donors (Lipinski definition) is 0. The Bertz CT molecular complexity index is 758. The molecule has 0 saturated carbocycles. The van der Waals surface area contributed by atoms with Crippen molar-refractivity contribution in [3.05, 3.63) is 39.9 Å². The van der Waals surface area contributed by atoms with Crippen molar-refractivity contribution in [3.8, 4) is 0 Å². The average molecular weight is 384 g/mol. The molecule has 2 atom stereocenters. The maximum absolute atomic E-state index is 12.4. The smallest absolute Gasteiger partial charge is 0.338 e. The second kappa shape index (κ2) is 8.59. The molecule has 1 saturated heterocycles. The largest absolute Gasteiger partial charge is 0.456 e. The lowest BCUT2D eigenvalue weighted by molar-refractivity contribution is -0.384. The van der Waals surface area contributed by atoms with Crippen molar-refractivity contribution in [1.82, 2.24) is 4.90 Å². The van der Waals surface area contributed by atoms with E-state index in [0.717, 1.165) is 32.0 Å². The Morgan fingerprint density at radius 3 is 2.50 bits per heavy atom. The molecule has 1 aliphatic heterocycles. The molecule has 1 heterocycles. The topological polar surface area (TPSA) is 107 Å². The highest BCUT2D eigenvalue weighted by molar-refractivity contribution is 7.91. The minimum atomic E-state index is -3.30. The number of ether oxygens (including phenoxy) is 1. The summed E-state index contributed by atoms with van der Waals surface area (Å²) in [4.78, 5) is 24.7. The summed E-state index contributed by atoms with van der Waals surface area (Å²) in [6.45, 7) is 5.46. The van der Waals surface area contributed by atoms with Gasteiger partial charge in [-0.1, -0.05) is 19.9 Å². The van der Waals surface area contributed by atoms with Crippen LogP contribution in [0.3, 0.4) is 0 Å². The zero-order chi connectivity index (χ0) is 19.3. The minimum absolute atomic E-state index is 0.0415. The Labute approximate surface area is 153 Å². The molecular formula is C17H24N2O6S. The number of hydrogen-bond acceptors (Lipinski definition) is 7. The van der Waals surface area contributed by atoms with E-state index in [2.05, 4.69) is 4.90 Å². The van der Waals surface area contributed by atoms with Crippen molar-refractivity contribution in [2.45, 2.75) is 38.8 Å².